The van der Waals surface area contributed by atoms with Crippen molar-refractivity contribution in [3.05, 3.63) is 47.9 Å². The molecule has 0 aliphatic heterocycles. The van der Waals surface area contributed by atoms with Gasteiger partial charge in [-0.15, -0.1) is 10.2 Å². The van der Waals surface area contributed by atoms with E-state index >= 15 is 0 Å². The summed E-state index contributed by atoms with van der Waals surface area (Å²) >= 11 is 1.16. The lowest BCUT2D eigenvalue weighted by molar-refractivity contribution is -0.127. The molecule has 1 N–H and O–H groups in total. The fourth-order valence-corrected chi connectivity index (χ4v) is 2.95. The molecule has 0 bridgehead atoms. The van der Waals surface area contributed by atoms with E-state index in [1.807, 2.05) is 12.1 Å². The van der Waals surface area contributed by atoms with Gasteiger partial charge in [-0.2, -0.15) is 0 Å². The minimum absolute atomic E-state index is 0.133. The highest BCUT2D eigenvalue weighted by Crippen LogP contribution is 2.22. The van der Waals surface area contributed by atoms with Crippen LogP contribution in [-0.2, 0) is 11.3 Å². The average molecular weight is 376 g/mol. The van der Waals surface area contributed by atoms with Gasteiger partial charge in [0.2, 0.25) is 5.91 Å². The van der Waals surface area contributed by atoms with Crippen molar-refractivity contribution in [1.82, 2.24) is 20.1 Å². The number of rotatable bonds is 7. The van der Waals surface area contributed by atoms with E-state index in [4.69, 9.17) is 9.15 Å². The summed E-state index contributed by atoms with van der Waals surface area (Å²) in [4.78, 5) is 16.7. The number of methoxy groups -OCH3 is 1. The van der Waals surface area contributed by atoms with Gasteiger partial charge in [-0.05, 0) is 29.8 Å². The quantitative estimate of drug-likeness (QED) is 0.638. The van der Waals surface area contributed by atoms with E-state index in [0.29, 0.717) is 22.4 Å². The highest BCUT2D eigenvalue weighted by Gasteiger charge is 2.15. The summed E-state index contributed by atoms with van der Waals surface area (Å²) in [6, 6.07) is 8.26. The Balaban J connectivity index is 1.54. The number of aromatic nitrogens is 3. The van der Waals surface area contributed by atoms with Crippen molar-refractivity contribution in [2.75, 3.05) is 19.9 Å². The number of nitrogens with one attached hydrogen (secondary N) is 1. The van der Waals surface area contributed by atoms with Crippen molar-refractivity contribution in [3.63, 3.8) is 0 Å². The highest BCUT2D eigenvalue weighted by atomic mass is 32.2. The Labute approximate surface area is 153 Å². The molecule has 0 fully saturated rings. The summed E-state index contributed by atoms with van der Waals surface area (Å²) in [5.41, 5.74) is 1.39. The fraction of sp³-hybridized carbons (Fsp3) is 0.235. The Morgan fingerprint density at radius 2 is 2.23 bits per heavy atom. The smallest absolute Gasteiger partial charge is 0.277 e. The van der Waals surface area contributed by atoms with Gasteiger partial charge in [0.15, 0.2) is 11.6 Å². The molecule has 0 saturated carbocycles. The van der Waals surface area contributed by atoms with Gasteiger partial charge < -0.3 is 19.0 Å². The van der Waals surface area contributed by atoms with Crippen LogP contribution < -0.4 is 4.74 Å². The second-order valence-corrected chi connectivity index (χ2v) is 6.39. The van der Waals surface area contributed by atoms with Crippen LogP contribution in [0.25, 0.3) is 11.6 Å². The summed E-state index contributed by atoms with van der Waals surface area (Å²) < 4.78 is 24.1. The molecule has 7 nitrogen and oxygen atoms in total. The lowest BCUT2D eigenvalue weighted by atomic mass is 10.2. The Morgan fingerprint density at radius 3 is 2.92 bits per heavy atom. The number of ether oxygens (including phenoxy) is 1. The lowest BCUT2D eigenvalue weighted by Crippen LogP contribution is -2.27. The third-order valence-electron chi connectivity index (χ3n) is 3.62. The third-order valence-corrected chi connectivity index (χ3v) is 4.42. The molecule has 2 heterocycles. The zero-order chi connectivity index (χ0) is 18.5. The molecule has 0 unspecified atom stereocenters. The maximum absolute atomic E-state index is 13.7. The summed E-state index contributed by atoms with van der Waals surface area (Å²) in [6.07, 6.45) is 1.76. The van der Waals surface area contributed by atoms with Crippen LogP contribution in [0.5, 0.6) is 5.75 Å². The molecule has 136 valence electrons. The SMILES string of the molecule is COc1ccc(CN(C)C(=O)CSc2nnc(-c3ccc[nH]3)o2)cc1F. The van der Waals surface area contributed by atoms with Crippen molar-refractivity contribution in [3.8, 4) is 17.3 Å². The van der Waals surface area contributed by atoms with E-state index in [2.05, 4.69) is 15.2 Å². The molecule has 26 heavy (non-hydrogen) atoms. The number of benzene rings is 1. The Morgan fingerprint density at radius 1 is 1.38 bits per heavy atom. The first-order valence-electron chi connectivity index (χ1n) is 7.73. The van der Waals surface area contributed by atoms with E-state index in [1.165, 1.54) is 24.1 Å². The number of carbonyl (C=O) groups excluding carboxylic acids is 1. The van der Waals surface area contributed by atoms with E-state index < -0.39 is 5.82 Å². The summed E-state index contributed by atoms with van der Waals surface area (Å²) in [5, 5.41) is 8.15. The van der Waals surface area contributed by atoms with Gasteiger partial charge >= 0.3 is 0 Å². The molecule has 0 spiro atoms. The van der Waals surface area contributed by atoms with Gasteiger partial charge in [0.25, 0.3) is 11.1 Å². The summed E-state index contributed by atoms with van der Waals surface area (Å²) in [7, 11) is 3.06. The third kappa shape index (κ3) is 4.23. The molecule has 9 heteroatoms. The van der Waals surface area contributed by atoms with Crippen LogP contribution in [0, 0.1) is 5.82 Å². The van der Waals surface area contributed by atoms with E-state index in [0.717, 1.165) is 11.8 Å². The molecule has 0 radical (unpaired) electrons. The standard InChI is InChI=1S/C17H17FN4O3S/c1-22(9-11-5-6-14(24-2)12(18)8-11)15(23)10-26-17-21-20-16(25-17)13-4-3-7-19-13/h3-8,19H,9-10H2,1-2H3. The van der Waals surface area contributed by atoms with E-state index in [1.54, 1.807) is 19.3 Å². The lowest BCUT2D eigenvalue weighted by Gasteiger charge is -2.17. The van der Waals surface area contributed by atoms with Gasteiger partial charge in [0, 0.05) is 19.8 Å². The second kappa shape index (κ2) is 8.05. The molecular formula is C17H17FN4O3S. The molecular weight excluding hydrogens is 359 g/mol. The number of halogens is 1. The first-order valence-corrected chi connectivity index (χ1v) is 8.72. The predicted molar refractivity (Wildman–Crippen MR) is 94.2 cm³/mol. The van der Waals surface area contributed by atoms with Crippen molar-refractivity contribution in [2.24, 2.45) is 0 Å². The summed E-state index contributed by atoms with van der Waals surface area (Å²) in [5.74, 6) is 0.0925. The molecule has 2 aromatic heterocycles. The molecule has 3 rings (SSSR count). The van der Waals surface area contributed by atoms with E-state index in [9.17, 15) is 9.18 Å². The molecule has 0 aliphatic rings. The Kier molecular flexibility index (Phi) is 5.57. The van der Waals surface area contributed by atoms with Crippen molar-refractivity contribution >= 4 is 17.7 Å². The number of carbonyl (C=O) groups is 1. The van der Waals surface area contributed by atoms with Crippen LogP contribution in [0.3, 0.4) is 0 Å². The summed E-state index contributed by atoms with van der Waals surface area (Å²) in [6.45, 7) is 0.290. The average Bonchev–Trinajstić information content (AvgIpc) is 3.31. The first kappa shape index (κ1) is 18.0. The van der Waals surface area contributed by atoms with Crippen LogP contribution in [0.1, 0.15) is 5.56 Å². The number of amides is 1. The fourth-order valence-electron chi connectivity index (χ4n) is 2.24. The van der Waals surface area contributed by atoms with Gasteiger partial charge in [-0.25, -0.2) is 4.39 Å². The molecule has 0 aliphatic carbocycles. The first-order chi connectivity index (χ1) is 12.6. The van der Waals surface area contributed by atoms with Crippen LogP contribution in [0.4, 0.5) is 4.39 Å². The molecule has 0 atom stereocenters. The van der Waals surface area contributed by atoms with Crippen LogP contribution >= 0.6 is 11.8 Å². The van der Waals surface area contributed by atoms with Crippen molar-refractivity contribution in [2.45, 2.75) is 11.8 Å². The van der Waals surface area contributed by atoms with Crippen molar-refractivity contribution < 1.29 is 18.3 Å². The highest BCUT2D eigenvalue weighted by molar-refractivity contribution is 7.99. The maximum Gasteiger partial charge on any atom is 0.277 e. The van der Waals surface area contributed by atoms with Gasteiger partial charge in [-0.1, -0.05) is 17.8 Å². The molecule has 3 aromatic rings. The van der Waals surface area contributed by atoms with Gasteiger partial charge in [0.1, 0.15) is 5.69 Å². The maximum atomic E-state index is 13.7. The largest absolute Gasteiger partial charge is 0.494 e. The Bertz CT molecular complexity index is 882. The zero-order valence-corrected chi connectivity index (χ0v) is 15.0. The number of thioether (sulfide) groups is 1. The number of aromatic amines is 1. The second-order valence-electron chi connectivity index (χ2n) is 5.46. The van der Waals surface area contributed by atoms with E-state index in [-0.39, 0.29) is 24.0 Å². The van der Waals surface area contributed by atoms with Crippen LogP contribution in [0.15, 0.2) is 46.2 Å². The van der Waals surface area contributed by atoms with Crippen LogP contribution in [-0.4, -0.2) is 45.9 Å². The number of H-pyrrole nitrogens is 1. The topological polar surface area (TPSA) is 84.2 Å². The number of hydrogen-bond acceptors (Lipinski definition) is 6. The zero-order valence-electron chi connectivity index (χ0n) is 14.2. The predicted octanol–water partition coefficient (Wildman–Crippen LogP) is 2.96. The normalized spacial score (nSPS) is 10.7. The van der Waals surface area contributed by atoms with Gasteiger partial charge in [-0.3, -0.25) is 4.79 Å². The molecule has 1 amide bonds. The monoisotopic (exact) mass is 376 g/mol. The van der Waals surface area contributed by atoms with Gasteiger partial charge in [0.05, 0.1) is 12.9 Å². The minimum atomic E-state index is -0.456. The number of nitrogens with zero attached hydrogens (tertiary/aromatic N) is 3. The molecule has 0 saturated heterocycles. The number of hydrogen-bond donors (Lipinski definition) is 1. The molecule has 1 aromatic carbocycles. The van der Waals surface area contributed by atoms with Crippen molar-refractivity contribution in [1.29, 1.82) is 0 Å². The Hall–Kier alpha value is -2.81. The van der Waals surface area contributed by atoms with Crippen LogP contribution in [0.2, 0.25) is 0 Å². The minimum Gasteiger partial charge on any atom is -0.494 e.